The molecule has 1 aromatic carbocycles. The molecule has 0 aliphatic rings. The fourth-order valence-electron chi connectivity index (χ4n) is 3.00. The Labute approximate surface area is 172 Å². The van der Waals surface area contributed by atoms with Gasteiger partial charge < -0.3 is 10.6 Å². The van der Waals surface area contributed by atoms with Gasteiger partial charge in [0.1, 0.15) is 11.7 Å². The van der Waals surface area contributed by atoms with Crippen molar-refractivity contribution in [3.8, 4) is 5.69 Å². The van der Waals surface area contributed by atoms with Crippen molar-refractivity contribution in [2.45, 2.75) is 33.7 Å². The number of amides is 2. The molecule has 152 valence electrons. The molecule has 2 N–H and O–H groups in total. The number of carbonyl (C=O) groups is 2. The number of hydrogen-bond acceptors (Lipinski definition) is 4. The van der Waals surface area contributed by atoms with Crippen LogP contribution in [0.4, 0.5) is 10.1 Å². The van der Waals surface area contributed by atoms with Crippen molar-refractivity contribution >= 4 is 28.8 Å². The normalized spacial score (nSPS) is 12.1. The number of aromatic nitrogens is 2. The molecule has 2 heterocycles. The lowest BCUT2D eigenvalue weighted by Crippen LogP contribution is -2.46. The molecule has 0 radical (unpaired) electrons. The van der Waals surface area contributed by atoms with Crippen LogP contribution in [0.15, 0.2) is 41.8 Å². The fourth-order valence-corrected chi connectivity index (χ4v) is 3.63. The number of hydrogen-bond donors (Lipinski definition) is 2. The van der Waals surface area contributed by atoms with E-state index in [9.17, 15) is 14.0 Å². The Hall–Kier alpha value is -3.00. The molecule has 6 nitrogen and oxygen atoms in total. The van der Waals surface area contributed by atoms with E-state index in [0.29, 0.717) is 16.3 Å². The Morgan fingerprint density at radius 1 is 1.17 bits per heavy atom. The number of halogens is 1. The lowest BCUT2D eigenvalue weighted by atomic mass is 10.0. The molecule has 3 aromatic rings. The number of thiophene rings is 1. The SMILES string of the molecule is Cc1cc(C)n(-c2ccc(NC(=O)C(NC(=O)c3cccs3)C(C)C)cc2F)n1. The van der Waals surface area contributed by atoms with Gasteiger partial charge in [0, 0.05) is 11.4 Å². The summed E-state index contributed by atoms with van der Waals surface area (Å²) in [5.74, 6) is -1.35. The highest BCUT2D eigenvalue weighted by Gasteiger charge is 2.25. The summed E-state index contributed by atoms with van der Waals surface area (Å²) in [4.78, 5) is 25.6. The summed E-state index contributed by atoms with van der Waals surface area (Å²) >= 11 is 1.30. The summed E-state index contributed by atoms with van der Waals surface area (Å²) in [6.07, 6.45) is 0. The Kier molecular flexibility index (Phi) is 6.12. The van der Waals surface area contributed by atoms with Gasteiger partial charge in [0.15, 0.2) is 5.82 Å². The first-order chi connectivity index (χ1) is 13.8. The first-order valence-corrected chi connectivity index (χ1v) is 10.1. The first kappa shape index (κ1) is 20.7. The minimum atomic E-state index is -0.747. The molecule has 1 atom stereocenters. The number of nitrogens with zero attached hydrogens (tertiary/aromatic N) is 2. The van der Waals surface area contributed by atoms with Crippen LogP contribution in [0.1, 0.15) is 34.9 Å². The highest BCUT2D eigenvalue weighted by Crippen LogP contribution is 2.20. The minimum Gasteiger partial charge on any atom is -0.339 e. The predicted molar refractivity (Wildman–Crippen MR) is 112 cm³/mol. The maximum Gasteiger partial charge on any atom is 0.262 e. The number of rotatable bonds is 6. The first-order valence-electron chi connectivity index (χ1n) is 9.24. The lowest BCUT2D eigenvalue weighted by molar-refractivity contribution is -0.118. The second kappa shape index (κ2) is 8.57. The number of anilines is 1. The van der Waals surface area contributed by atoms with Crippen molar-refractivity contribution in [2.24, 2.45) is 5.92 Å². The zero-order valence-electron chi connectivity index (χ0n) is 16.7. The van der Waals surface area contributed by atoms with E-state index in [4.69, 9.17) is 0 Å². The Bertz CT molecular complexity index is 1030. The average molecular weight is 415 g/mol. The van der Waals surface area contributed by atoms with Crippen LogP contribution in [0.5, 0.6) is 0 Å². The van der Waals surface area contributed by atoms with Crippen molar-refractivity contribution in [1.29, 1.82) is 0 Å². The Morgan fingerprint density at radius 3 is 2.48 bits per heavy atom. The van der Waals surface area contributed by atoms with Crippen LogP contribution in [0.25, 0.3) is 5.69 Å². The van der Waals surface area contributed by atoms with Gasteiger partial charge in [-0.15, -0.1) is 11.3 Å². The Morgan fingerprint density at radius 2 is 1.93 bits per heavy atom. The third kappa shape index (κ3) is 4.71. The van der Waals surface area contributed by atoms with E-state index < -0.39 is 17.8 Å². The van der Waals surface area contributed by atoms with E-state index in [1.807, 2.05) is 33.8 Å². The van der Waals surface area contributed by atoms with Crippen LogP contribution >= 0.6 is 11.3 Å². The molecule has 2 aromatic heterocycles. The van der Waals surface area contributed by atoms with Gasteiger partial charge in [0.2, 0.25) is 5.91 Å². The van der Waals surface area contributed by atoms with Crippen molar-refractivity contribution in [3.05, 3.63) is 63.9 Å². The van der Waals surface area contributed by atoms with E-state index in [1.54, 1.807) is 29.6 Å². The summed E-state index contributed by atoms with van der Waals surface area (Å²) in [5, 5.41) is 11.5. The van der Waals surface area contributed by atoms with E-state index in [0.717, 1.165) is 11.4 Å². The number of aryl methyl sites for hydroxylation is 2. The second-order valence-electron chi connectivity index (χ2n) is 7.17. The number of carbonyl (C=O) groups excluding carboxylic acids is 2. The highest BCUT2D eigenvalue weighted by molar-refractivity contribution is 7.12. The average Bonchev–Trinajstić information content (AvgIpc) is 3.29. The van der Waals surface area contributed by atoms with E-state index in [2.05, 4.69) is 15.7 Å². The van der Waals surface area contributed by atoms with Crippen LogP contribution in [-0.4, -0.2) is 27.6 Å². The van der Waals surface area contributed by atoms with Gasteiger partial charge in [-0.05, 0) is 55.5 Å². The van der Waals surface area contributed by atoms with Crippen molar-refractivity contribution < 1.29 is 14.0 Å². The summed E-state index contributed by atoms with van der Waals surface area (Å²) < 4.78 is 16.2. The maximum absolute atomic E-state index is 14.7. The molecule has 0 saturated heterocycles. The molecule has 0 fully saturated rings. The van der Waals surface area contributed by atoms with Crippen molar-refractivity contribution in [3.63, 3.8) is 0 Å². The largest absolute Gasteiger partial charge is 0.339 e. The zero-order chi connectivity index (χ0) is 21.1. The van der Waals surface area contributed by atoms with Crippen LogP contribution in [0.3, 0.4) is 0 Å². The van der Waals surface area contributed by atoms with Gasteiger partial charge in [-0.25, -0.2) is 9.07 Å². The number of nitrogens with one attached hydrogen (secondary N) is 2. The third-order valence-corrected chi connectivity index (χ3v) is 5.30. The van der Waals surface area contributed by atoms with Crippen LogP contribution < -0.4 is 10.6 Å². The molecular weight excluding hydrogens is 391 g/mol. The molecule has 0 aliphatic heterocycles. The van der Waals surface area contributed by atoms with Crippen LogP contribution in [0, 0.1) is 25.6 Å². The minimum absolute atomic E-state index is 0.141. The third-order valence-electron chi connectivity index (χ3n) is 4.43. The summed E-state index contributed by atoms with van der Waals surface area (Å²) in [5.41, 5.74) is 2.23. The van der Waals surface area contributed by atoms with E-state index >= 15 is 0 Å². The van der Waals surface area contributed by atoms with Gasteiger partial charge in [-0.2, -0.15) is 5.10 Å². The molecule has 0 spiro atoms. The van der Waals surface area contributed by atoms with E-state index in [-0.39, 0.29) is 11.8 Å². The van der Waals surface area contributed by atoms with Gasteiger partial charge in [0.25, 0.3) is 5.91 Å². The molecule has 0 aliphatic carbocycles. The van der Waals surface area contributed by atoms with E-state index in [1.165, 1.54) is 22.1 Å². The predicted octanol–water partition coefficient (Wildman–Crippen LogP) is 4.08. The molecule has 2 amide bonds. The van der Waals surface area contributed by atoms with Crippen LogP contribution in [0.2, 0.25) is 0 Å². The fraction of sp³-hybridized carbons (Fsp3) is 0.286. The molecule has 29 heavy (non-hydrogen) atoms. The molecule has 3 rings (SSSR count). The maximum atomic E-state index is 14.7. The molecule has 8 heteroatoms. The number of benzene rings is 1. The molecule has 1 unspecified atom stereocenters. The van der Waals surface area contributed by atoms with Gasteiger partial charge in [-0.1, -0.05) is 19.9 Å². The molecule has 0 bridgehead atoms. The van der Waals surface area contributed by atoms with Crippen molar-refractivity contribution in [1.82, 2.24) is 15.1 Å². The topological polar surface area (TPSA) is 76.0 Å². The zero-order valence-corrected chi connectivity index (χ0v) is 17.5. The lowest BCUT2D eigenvalue weighted by Gasteiger charge is -2.21. The van der Waals surface area contributed by atoms with Gasteiger partial charge in [-0.3, -0.25) is 9.59 Å². The van der Waals surface area contributed by atoms with Crippen molar-refractivity contribution in [2.75, 3.05) is 5.32 Å². The van der Waals surface area contributed by atoms with Crippen LogP contribution in [-0.2, 0) is 4.79 Å². The summed E-state index contributed by atoms with van der Waals surface area (Å²) in [7, 11) is 0. The molecular formula is C21H23FN4O2S. The van der Waals surface area contributed by atoms with Gasteiger partial charge >= 0.3 is 0 Å². The second-order valence-corrected chi connectivity index (χ2v) is 8.11. The molecule has 0 saturated carbocycles. The van der Waals surface area contributed by atoms with Gasteiger partial charge in [0.05, 0.1) is 10.6 Å². The standard InChI is InChI=1S/C21H23FN4O2S/c1-12(2)19(24-20(27)18-6-5-9-29-18)21(28)23-15-7-8-17(16(22)11-15)26-14(4)10-13(3)25-26/h5-12,19H,1-4H3,(H,23,28)(H,24,27). The smallest absolute Gasteiger partial charge is 0.262 e. The monoisotopic (exact) mass is 414 g/mol. The highest BCUT2D eigenvalue weighted by atomic mass is 32.1. The summed E-state index contributed by atoms with van der Waals surface area (Å²) in [6, 6.07) is 9.02. The quantitative estimate of drug-likeness (QED) is 0.638. The Balaban J connectivity index is 1.75. The summed E-state index contributed by atoms with van der Waals surface area (Å²) in [6.45, 7) is 7.36.